The summed E-state index contributed by atoms with van der Waals surface area (Å²) in [4.78, 5) is 11.4. The van der Waals surface area contributed by atoms with E-state index >= 15 is 0 Å². The standard InChI is InChI=1S/C14H9F3O/c1-8(18)11-4-2-9(15)6-12(11)13-7-10(16)3-5-14(13)17/h2-7H,1H3. The molecule has 0 aromatic heterocycles. The number of rotatable bonds is 2. The Balaban J connectivity index is 2.73. The van der Waals surface area contributed by atoms with Gasteiger partial charge in [-0.1, -0.05) is 0 Å². The van der Waals surface area contributed by atoms with E-state index in [1.165, 1.54) is 13.0 Å². The van der Waals surface area contributed by atoms with Crippen LogP contribution in [-0.4, -0.2) is 5.78 Å². The average Bonchev–Trinajstić information content (AvgIpc) is 2.31. The molecule has 0 N–H and O–H groups in total. The molecule has 0 spiro atoms. The van der Waals surface area contributed by atoms with Gasteiger partial charge in [-0.25, -0.2) is 13.2 Å². The first kappa shape index (κ1) is 12.4. The van der Waals surface area contributed by atoms with Crippen molar-refractivity contribution in [2.75, 3.05) is 0 Å². The van der Waals surface area contributed by atoms with Crippen LogP contribution in [0.5, 0.6) is 0 Å². The largest absolute Gasteiger partial charge is 0.294 e. The van der Waals surface area contributed by atoms with E-state index in [1.807, 2.05) is 0 Å². The van der Waals surface area contributed by atoms with Gasteiger partial charge in [0.2, 0.25) is 0 Å². The first-order valence-electron chi connectivity index (χ1n) is 5.25. The van der Waals surface area contributed by atoms with Crippen molar-refractivity contribution in [3.63, 3.8) is 0 Å². The first-order chi connectivity index (χ1) is 8.49. The molecule has 0 amide bonds. The molecular formula is C14H9F3O. The molecule has 0 heterocycles. The van der Waals surface area contributed by atoms with Gasteiger partial charge in [0, 0.05) is 11.1 Å². The molecule has 2 rings (SSSR count). The van der Waals surface area contributed by atoms with Gasteiger partial charge in [0.15, 0.2) is 5.78 Å². The van der Waals surface area contributed by atoms with E-state index in [0.29, 0.717) is 0 Å². The lowest BCUT2D eigenvalue weighted by Crippen LogP contribution is -1.99. The molecular weight excluding hydrogens is 241 g/mol. The lowest BCUT2D eigenvalue weighted by Gasteiger charge is -2.08. The van der Waals surface area contributed by atoms with Crippen LogP contribution in [0.25, 0.3) is 11.1 Å². The monoisotopic (exact) mass is 250 g/mol. The minimum absolute atomic E-state index is 0.0551. The lowest BCUT2D eigenvalue weighted by atomic mass is 9.97. The second kappa shape index (κ2) is 4.64. The van der Waals surface area contributed by atoms with Gasteiger partial charge >= 0.3 is 0 Å². The molecule has 0 aliphatic rings. The maximum Gasteiger partial charge on any atom is 0.160 e. The summed E-state index contributed by atoms with van der Waals surface area (Å²) in [5, 5.41) is 0. The number of benzene rings is 2. The van der Waals surface area contributed by atoms with Crippen molar-refractivity contribution in [2.45, 2.75) is 6.92 Å². The van der Waals surface area contributed by atoms with Crippen LogP contribution in [0.1, 0.15) is 17.3 Å². The van der Waals surface area contributed by atoms with Crippen molar-refractivity contribution in [2.24, 2.45) is 0 Å². The average molecular weight is 250 g/mol. The fourth-order valence-electron chi connectivity index (χ4n) is 1.75. The van der Waals surface area contributed by atoms with E-state index < -0.39 is 17.5 Å². The van der Waals surface area contributed by atoms with Crippen LogP contribution in [0.4, 0.5) is 13.2 Å². The van der Waals surface area contributed by atoms with Gasteiger partial charge in [-0.2, -0.15) is 0 Å². The fourth-order valence-corrected chi connectivity index (χ4v) is 1.75. The predicted octanol–water partition coefficient (Wildman–Crippen LogP) is 3.97. The second-order valence-electron chi connectivity index (χ2n) is 3.87. The summed E-state index contributed by atoms with van der Waals surface area (Å²) in [5.74, 6) is -2.30. The van der Waals surface area contributed by atoms with Crippen LogP contribution in [0.3, 0.4) is 0 Å². The molecule has 0 bridgehead atoms. The molecule has 0 fully saturated rings. The van der Waals surface area contributed by atoms with Crippen LogP contribution in [-0.2, 0) is 0 Å². The number of ketones is 1. The molecule has 0 aliphatic heterocycles. The Morgan fingerprint density at radius 2 is 1.44 bits per heavy atom. The van der Waals surface area contributed by atoms with Gasteiger partial charge in [-0.3, -0.25) is 4.79 Å². The Bertz CT molecular complexity index is 620. The molecule has 0 radical (unpaired) electrons. The first-order valence-corrected chi connectivity index (χ1v) is 5.25. The zero-order valence-corrected chi connectivity index (χ0v) is 9.51. The van der Waals surface area contributed by atoms with Crippen molar-refractivity contribution >= 4 is 5.78 Å². The van der Waals surface area contributed by atoms with E-state index in [1.54, 1.807) is 0 Å². The van der Waals surface area contributed by atoms with Gasteiger partial charge in [0.25, 0.3) is 0 Å². The predicted molar refractivity (Wildman–Crippen MR) is 61.8 cm³/mol. The molecule has 92 valence electrons. The fraction of sp³-hybridized carbons (Fsp3) is 0.0714. The zero-order chi connectivity index (χ0) is 13.3. The third-order valence-corrected chi connectivity index (χ3v) is 2.58. The van der Waals surface area contributed by atoms with Gasteiger partial charge in [0.1, 0.15) is 17.5 Å². The number of carbonyl (C=O) groups is 1. The molecule has 0 unspecified atom stereocenters. The maximum atomic E-state index is 13.6. The van der Waals surface area contributed by atoms with Gasteiger partial charge in [-0.05, 0) is 48.9 Å². The molecule has 0 saturated carbocycles. The number of Topliss-reactive ketones (excluding diaryl/α,β-unsaturated/α-hetero) is 1. The smallest absolute Gasteiger partial charge is 0.160 e. The Labute approximate surface area is 102 Å². The topological polar surface area (TPSA) is 17.1 Å². The molecule has 0 aliphatic carbocycles. The van der Waals surface area contributed by atoms with E-state index in [0.717, 1.165) is 30.3 Å². The van der Waals surface area contributed by atoms with Crippen LogP contribution in [0, 0.1) is 17.5 Å². The minimum atomic E-state index is -0.704. The summed E-state index contributed by atoms with van der Waals surface area (Å²) in [7, 11) is 0. The highest BCUT2D eigenvalue weighted by Crippen LogP contribution is 2.28. The highest BCUT2D eigenvalue weighted by molar-refractivity contribution is 6.00. The number of carbonyl (C=O) groups excluding carboxylic acids is 1. The van der Waals surface area contributed by atoms with Gasteiger partial charge < -0.3 is 0 Å². The number of hydrogen-bond donors (Lipinski definition) is 0. The Morgan fingerprint density at radius 3 is 2.06 bits per heavy atom. The molecule has 18 heavy (non-hydrogen) atoms. The number of halogens is 3. The summed E-state index contributed by atoms with van der Waals surface area (Å²) < 4.78 is 40.0. The van der Waals surface area contributed by atoms with Gasteiger partial charge in [0.05, 0.1) is 0 Å². The van der Waals surface area contributed by atoms with Crippen LogP contribution >= 0.6 is 0 Å². The van der Waals surface area contributed by atoms with Gasteiger partial charge in [-0.15, -0.1) is 0 Å². The lowest BCUT2D eigenvalue weighted by molar-refractivity contribution is 0.101. The van der Waals surface area contributed by atoms with E-state index in [-0.39, 0.29) is 22.5 Å². The van der Waals surface area contributed by atoms with E-state index in [9.17, 15) is 18.0 Å². The van der Waals surface area contributed by atoms with Crippen LogP contribution < -0.4 is 0 Å². The Hall–Kier alpha value is -2.10. The third-order valence-electron chi connectivity index (χ3n) is 2.58. The highest BCUT2D eigenvalue weighted by Gasteiger charge is 2.14. The highest BCUT2D eigenvalue weighted by atomic mass is 19.1. The third kappa shape index (κ3) is 2.27. The van der Waals surface area contributed by atoms with E-state index in [4.69, 9.17) is 0 Å². The summed E-state index contributed by atoms with van der Waals surface area (Å²) in [6, 6.07) is 6.24. The summed E-state index contributed by atoms with van der Waals surface area (Å²) in [5.41, 5.74) is 0.0834. The zero-order valence-electron chi connectivity index (χ0n) is 9.51. The van der Waals surface area contributed by atoms with Crippen molar-refractivity contribution in [1.82, 2.24) is 0 Å². The van der Waals surface area contributed by atoms with Crippen molar-refractivity contribution in [3.05, 3.63) is 59.4 Å². The summed E-state index contributed by atoms with van der Waals surface area (Å²) >= 11 is 0. The Morgan fingerprint density at radius 1 is 0.889 bits per heavy atom. The van der Waals surface area contributed by atoms with Crippen LogP contribution in [0.2, 0.25) is 0 Å². The van der Waals surface area contributed by atoms with E-state index in [2.05, 4.69) is 0 Å². The second-order valence-corrected chi connectivity index (χ2v) is 3.87. The molecule has 1 nitrogen and oxygen atoms in total. The van der Waals surface area contributed by atoms with Crippen LogP contribution in [0.15, 0.2) is 36.4 Å². The molecule has 0 saturated heterocycles. The van der Waals surface area contributed by atoms with Crippen molar-refractivity contribution in [1.29, 1.82) is 0 Å². The summed E-state index contributed by atoms with van der Waals surface area (Å²) in [6.07, 6.45) is 0. The maximum absolute atomic E-state index is 13.6. The Kier molecular flexibility index (Phi) is 3.19. The SMILES string of the molecule is CC(=O)c1ccc(F)cc1-c1cc(F)ccc1F. The molecule has 2 aromatic rings. The molecule has 0 atom stereocenters. The summed E-state index contributed by atoms with van der Waals surface area (Å²) in [6.45, 7) is 1.29. The normalized spacial score (nSPS) is 10.4. The molecule has 4 heteroatoms. The van der Waals surface area contributed by atoms with Crippen molar-refractivity contribution in [3.8, 4) is 11.1 Å². The number of hydrogen-bond acceptors (Lipinski definition) is 1. The molecule has 2 aromatic carbocycles. The minimum Gasteiger partial charge on any atom is -0.294 e. The quantitative estimate of drug-likeness (QED) is 0.737. The van der Waals surface area contributed by atoms with Crippen molar-refractivity contribution < 1.29 is 18.0 Å².